The van der Waals surface area contributed by atoms with Crippen molar-refractivity contribution < 1.29 is 5.11 Å². The molecule has 5 nitrogen and oxygen atoms in total. The van der Waals surface area contributed by atoms with Gasteiger partial charge >= 0.3 is 0 Å². The Bertz CT molecular complexity index is 627. The van der Waals surface area contributed by atoms with Crippen LogP contribution in [0.4, 0.5) is 11.8 Å². The zero-order valence-electron chi connectivity index (χ0n) is 11.8. The van der Waals surface area contributed by atoms with Gasteiger partial charge in [0, 0.05) is 18.0 Å². The Morgan fingerprint density at radius 2 is 2.30 bits per heavy atom. The average Bonchev–Trinajstić information content (AvgIpc) is 2.83. The number of hydrogen-bond donors (Lipinski definition) is 2. The molecule has 0 radical (unpaired) electrons. The van der Waals surface area contributed by atoms with Gasteiger partial charge in [-0.3, -0.25) is 0 Å². The number of piperidine rings is 1. The molecule has 20 heavy (non-hydrogen) atoms. The van der Waals surface area contributed by atoms with Crippen molar-refractivity contribution in [2.75, 3.05) is 23.7 Å². The first-order chi connectivity index (χ1) is 9.58. The van der Waals surface area contributed by atoms with E-state index in [4.69, 9.17) is 5.73 Å². The first kappa shape index (κ1) is 13.6. The topological polar surface area (TPSA) is 75.3 Å². The summed E-state index contributed by atoms with van der Waals surface area (Å²) in [5, 5.41) is 11.0. The second-order valence-corrected chi connectivity index (χ2v) is 6.59. The summed E-state index contributed by atoms with van der Waals surface area (Å²) in [6.07, 6.45) is 1.56. The molecule has 2 atom stereocenters. The Morgan fingerprint density at radius 1 is 1.50 bits per heavy atom. The fourth-order valence-electron chi connectivity index (χ4n) is 2.71. The smallest absolute Gasteiger partial charge is 0.223 e. The third-order valence-corrected chi connectivity index (χ3v) is 5.12. The van der Waals surface area contributed by atoms with Gasteiger partial charge < -0.3 is 15.7 Å². The molecule has 0 saturated carbocycles. The average molecular weight is 292 g/mol. The highest BCUT2D eigenvalue weighted by Crippen LogP contribution is 2.33. The van der Waals surface area contributed by atoms with Crippen molar-refractivity contribution in [2.45, 2.75) is 32.8 Å². The molecule has 1 saturated heterocycles. The largest absolute Gasteiger partial charge is 0.393 e. The predicted molar refractivity (Wildman–Crippen MR) is 83.2 cm³/mol. The molecular weight excluding hydrogens is 272 g/mol. The van der Waals surface area contributed by atoms with Crippen molar-refractivity contribution in [2.24, 2.45) is 5.92 Å². The summed E-state index contributed by atoms with van der Waals surface area (Å²) in [5.41, 5.74) is 5.85. The van der Waals surface area contributed by atoms with Crippen LogP contribution >= 0.6 is 11.3 Å². The van der Waals surface area contributed by atoms with Gasteiger partial charge in [-0.15, -0.1) is 11.3 Å². The zero-order valence-corrected chi connectivity index (χ0v) is 12.7. The van der Waals surface area contributed by atoms with E-state index in [1.54, 1.807) is 11.3 Å². The van der Waals surface area contributed by atoms with Crippen molar-refractivity contribution in [1.29, 1.82) is 0 Å². The Kier molecular flexibility index (Phi) is 3.52. The highest BCUT2D eigenvalue weighted by atomic mass is 32.1. The first-order valence-corrected chi connectivity index (χ1v) is 7.89. The van der Waals surface area contributed by atoms with E-state index in [1.165, 1.54) is 4.88 Å². The molecule has 3 heterocycles. The number of aliphatic hydroxyl groups excluding tert-OH is 1. The van der Waals surface area contributed by atoms with Crippen LogP contribution in [0, 0.1) is 5.92 Å². The van der Waals surface area contributed by atoms with Gasteiger partial charge in [0.2, 0.25) is 5.95 Å². The summed E-state index contributed by atoms with van der Waals surface area (Å²) < 4.78 is 0. The van der Waals surface area contributed by atoms with Gasteiger partial charge in [0.05, 0.1) is 11.5 Å². The minimum Gasteiger partial charge on any atom is -0.393 e. The molecule has 1 aliphatic heterocycles. The molecule has 2 unspecified atom stereocenters. The zero-order chi connectivity index (χ0) is 14.3. The number of thiophene rings is 1. The summed E-state index contributed by atoms with van der Waals surface area (Å²) >= 11 is 1.68. The highest BCUT2D eigenvalue weighted by molar-refractivity contribution is 7.18. The molecule has 0 amide bonds. The van der Waals surface area contributed by atoms with E-state index in [1.807, 2.05) is 0 Å². The summed E-state index contributed by atoms with van der Waals surface area (Å²) in [5.74, 6) is 1.50. The maximum Gasteiger partial charge on any atom is 0.223 e. The molecule has 0 spiro atoms. The van der Waals surface area contributed by atoms with Crippen molar-refractivity contribution in [1.82, 2.24) is 9.97 Å². The molecule has 0 aromatic carbocycles. The summed E-state index contributed by atoms with van der Waals surface area (Å²) in [7, 11) is 0. The maximum absolute atomic E-state index is 9.87. The van der Waals surface area contributed by atoms with Crippen LogP contribution in [-0.2, 0) is 6.42 Å². The Morgan fingerprint density at radius 3 is 3.00 bits per heavy atom. The van der Waals surface area contributed by atoms with E-state index >= 15 is 0 Å². The van der Waals surface area contributed by atoms with Crippen LogP contribution in [0.1, 0.15) is 25.1 Å². The standard InChI is InChI=1S/C14H20N4OS/c1-3-9-6-10-12(16-14(15)17-13(10)20-9)18-5-4-11(19)8(2)7-18/h6,8,11,19H,3-5,7H2,1-2H3,(H2,15,16,17). The van der Waals surface area contributed by atoms with Gasteiger partial charge in [-0.1, -0.05) is 13.8 Å². The molecule has 0 bridgehead atoms. The third kappa shape index (κ3) is 2.33. The van der Waals surface area contributed by atoms with Crippen LogP contribution in [0.15, 0.2) is 6.07 Å². The molecule has 6 heteroatoms. The molecule has 2 aromatic rings. The number of nitrogens with two attached hydrogens (primary N) is 1. The third-order valence-electron chi connectivity index (χ3n) is 3.95. The van der Waals surface area contributed by atoms with E-state index in [0.29, 0.717) is 5.95 Å². The minimum atomic E-state index is -0.213. The van der Waals surface area contributed by atoms with Gasteiger partial charge in [-0.2, -0.15) is 4.98 Å². The number of nitrogen functional groups attached to an aromatic ring is 1. The molecule has 1 aliphatic rings. The number of anilines is 2. The van der Waals surface area contributed by atoms with Gasteiger partial charge in [0.1, 0.15) is 10.6 Å². The lowest BCUT2D eigenvalue weighted by atomic mass is 9.96. The molecule has 3 N–H and O–H groups in total. The van der Waals surface area contributed by atoms with Crippen molar-refractivity contribution >= 4 is 33.3 Å². The van der Waals surface area contributed by atoms with E-state index in [2.05, 4.69) is 34.8 Å². The lowest BCUT2D eigenvalue weighted by molar-refractivity contribution is 0.0970. The Labute approximate surface area is 122 Å². The molecule has 0 aliphatic carbocycles. The van der Waals surface area contributed by atoms with Crippen LogP contribution in [-0.4, -0.2) is 34.3 Å². The summed E-state index contributed by atoms with van der Waals surface area (Å²) in [6, 6.07) is 2.17. The first-order valence-electron chi connectivity index (χ1n) is 7.07. The summed E-state index contributed by atoms with van der Waals surface area (Å²) in [6.45, 7) is 5.84. The van der Waals surface area contributed by atoms with Crippen LogP contribution < -0.4 is 10.6 Å². The number of aromatic nitrogens is 2. The molecular formula is C14H20N4OS. The number of rotatable bonds is 2. The van der Waals surface area contributed by atoms with Gasteiger partial charge in [0.25, 0.3) is 0 Å². The fourth-order valence-corrected chi connectivity index (χ4v) is 3.68. The van der Waals surface area contributed by atoms with Gasteiger partial charge in [-0.05, 0) is 24.8 Å². The van der Waals surface area contributed by atoms with Crippen molar-refractivity contribution in [3.05, 3.63) is 10.9 Å². The highest BCUT2D eigenvalue weighted by Gasteiger charge is 2.26. The quantitative estimate of drug-likeness (QED) is 0.886. The number of fused-ring (bicyclic) bond motifs is 1. The van der Waals surface area contributed by atoms with Crippen LogP contribution in [0.5, 0.6) is 0 Å². The number of aliphatic hydroxyl groups is 1. The minimum absolute atomic E-state index is 0.213. The Hall–Kier alpha value is -1.40. The van der Waals surface area contributed by atoms with Crippen molar-refractivity contribution in [3.8, 4) is 0 Å². The van der Waals surface area contributed by atoms with Gasteiger partial charge in [-0.25, -0.2) is 4.98 Å². The van der Waals surface area contributed by atoms with Crippen molar-refractivity contribution in [3.63, 3.8) is 0 Å². The lowest BCUT2D eigenvalue weighted by Crippen LogP contribution is -2.42. The fraction of sp³-hybridized carbons (Fsp3) is 0.571. The van der Waals surface area contributed by atoms with Crippen LogP contribution in [0.3, 0.4) is 0 Å². The normalized spacial score (nSPS) is 23.4. The van der Waals surface area contributed by atoms with E-state index in [9.17, 15) is 5.11 Å². The number of aryl methyl sites for hydroxylation is 1. The second kappa shape index (κ2) is 5.18. The molecule has 2 aromatic heterocycles. The van der Waals surface area contributed by atoms with Gasteiger partial charge in [0.15, 0.2) is 0 Å². The molecule has 108 valence electrons. The van der Waals surface area contributed by atoms with Crippen LogP contribution in [0.2, 0.25) is 0 Å². The monoisotopic (exact) mass is 292 g/mol. The number of nitrogens with zero attached hydrogens (tertiary/aromatic N) is 3. The number of hydrogen-bond acceptors (Lipinski definition) is 6. The SMILES string of the molecule is CCc1cc2c(N3CCC(O)C(C)C3)nc(N)nc2s1. The predicted octanol–water partition coefficient (Wildman–Crippen LogP) is 2.04. The summed E-state index contributed by atoms with van der Waals surface area (Å²) in [4.78, 5) is 13.3. The van der Waals surface area contributed by atoms with E-state index in [-0.39, 0.29) is 12.0 Å². The van der Waals surface area contributed by atoms with Crippen LogP contribution in [0.25, 0.3) is 10.2 Å². The maximum atomic E-state index is 9.87. The molecule has 1 fully saturated rings. The molecule has 3 rings (SSSR count). The van der Waals surface area contributed by atoms with E-state index < -0.39 is 0 Å². The van der Waals surface area contributed by atoms with E-state index in [0.717, 1.165) is 42.0 Å². The Balaban J connectivity index is 2.03. The lowest BCUT2D eigenvalue weighted by Gasteiger charge is -2.35. The second-order valence-electron chi connectivity index (χ2n) is 5.47.